The quantitative estimate of drug-likeness (QED) is 0.904. The third-order valence-electron chi connectivity index (χ3n) is 3.70. The van der Waals surface area contributed by atoms with E-state index in [1.54, 1.807) is 34.6 Å². The topological polar surface area (TPSA) is 63.4 Å². The van der Waals surface area contributed by atoms with Crippen LogP contribution in [-0.4, -0.2) is 31.9 Å². The van der Waals surface area contributed by atoms with Gasteiger partial charge in [-0.05, 0) is 49.6 Å². The summed E-state index contributed by atoms with van der Waals surface area (Å²) in [5.41, 5.74) is 6.41. The van der Waals surface area contributed by atoms with Crippen LogP contribution in [0.2, 0.25) is 5.02 Å². The molecule has 0 saturated carbocycles. The minimum atomic E-state index is -3.40. The molecule has 1 heterocycles. The number of nitrogens with two attached hydrogens (primary N) is 1. The van der Waals surface area contributed by atoms with Crippen molar-refractivity contribution in [3.05, 3.63) is 40.3 Å². The van der Waals surface area contributed by atoms with Crippen molar-refractivity contribution in [1.82, 2.24) is 4.31 Å². The Morgan fingerprint density at radius 3 is 2.67 bits per heavy atom. The number of rotatable bonds is 5. The van der Waals surface area contributed by atoms with E-state index in [0.717, 1.165) is 24.8 Å². The fraction of sp³-hybridized carbons (Fsp3) is 0.467. The van der Waals surface area contributed by atoms with Crippen molar-refractivity contribution >= 4 is 27.7 Å². The molecule has 21 heavy (non-hydrogen) atoms. The molecule has 0 amide bonds. The molecule has 1 aliphatic heterocycles. The molecule has 0 aromatic heterocycles. The van der Waals surface area contributed by atoms with Crippen LogP contribution in [0.3, 0.4) is 0 Å². The zero-order valence-electron chi connectivity index (χ0n) is 11.9. The summed E-state index contributed by atoms with van der Waals surface area (Å²) in [6.45, 7) is 1.09. The maximum atomic E-state index is 12.5. The van der Waals surface area contributed by atoms with Gasteiger partial charge in [-0.2, -0.15) is 4.31 Å². The van der Waals surface area contributed by atoms with Gasteiger partial charge in [0.1, 0.15) is 0 Å². The lowest BCUT2D eigenvalue weighted by Crippen LogP contribution is -2.43. The van der Waals surface area contributed by atoms with Gasteiger partial charge in [-0.15, -0.1) is 0 Å². The van der Waals surface area contributed by atoms with E-state index in [1.165, 1.54) is 5.41 Å². The highest BCUT2D eigenvalue weighted by Gasteiger charge is 2.29. The van der Waals surface area contributed by atoms with Crippen LogP contribution in [0.4, 0.5) is 0 Å². The second-order valence-electron chi connectivity index (χ2n) is 5.24. The van der Waals surface area contributed by atoms with Crippen molar-refractivity contribution in [2.24, 2.45) is 5.73 Å². The average Bonchev–Trinajstić information content (AvgIpc) is 2.47. The summed E-state index contributed by atoms with van der Waals surface area (Å²) < 4.78 is 26.6. The number of hydrogen-bond donors (Lipinski definition) is 1. The Bertz CT molecular complexity index is 582. The number of halogens is 1. The van der Waals surface area contributed by atoms with Crippen molar-refractivity contribution in [2.45, 2.75) is 31.7 Å². The Kier molecular flexibility index (Phi) is 5.81. The molecule has 2 rings (SSSR count). The van der Waals surface area contributed by atoms with Gasteiger partial charge in [0.25, 0.3) is 0 Å². The van der Waals surface area contributed by atoms with Crippen LogP contribution in [0.15, 0.2) is 29.7 Å². The van der Waals surface area contributed by atoms with Crippen LogP contribution >= 0.6 is 11.6 Å². The second kappa shape index (κ2) is 7.40. The minimum absolute atomic E-state index is 0.0311. The SMILES string of the molecule is NCCC1CCCCN1S(=O)(=O)C=Cc1ccc(Cl)cc1. The summed E-state index contributed by atoms with van der Waals surface area (Å²) >= 11 is 5.81. The van der Waals surface area contributed by atoms with Crippen molar-refractivity contribution in [2.75, 3.05) is 13.1 Å². The molecule has 0 spiro atoms. The maximum absolute atomic E-state index is 12.5. The molecule has 0 bridgehead atoms. The minimum Gasteiger partial charge on any atom is -0.330 e. The van der Waals surface area contributed by atoms with Gasteiger partial charge in [0.05, 0.1) is 0 Å². The van der Waals surface area contributed by atoms with Gasteiger partial charge < -0.3 is 5.73 Å². The first-order valence-electron chi connectivity index (χ1n) is 7.18. The van der Waals surface area contributed by atoms with E-state index in [0.29, 0.717) is 24.5 Å². The van der Waals surface area contributed by atoms with Crippen molar-refractivity contribution in [3.8, 4) is 0 Å². The third-order valence-corrected chi connectivity index (χ3v) is 5.57. The standard InChI is InChI=1S/C15H21ClN2O2S/c16-14-6-4-13(5-7-14)9-12-21(19,20)18-11-2-1-3-15(18)8-10-17/h4-7,9,12,15H,1-3,8,10-11,17H2. The lowest BCUT2D eigenvalue weighted by Gasteiger charge is -2.33. The van der Waals surface area contributed by atoms with Gasteiger partial charge in [-0.3, -0.25) is 0 Å². The molecule has 1 aromatic carbocycles. The highest BCUT2D eigenvalue weighted by molar-refractivity contribution is 7.92. The van der Waals surface area contributed by atoms with Crippen LogP contribution in [0.1, 0.15) is 31.2 Å². The third kappa shape index (κ3) is 4.54. The zero-order chi connectivity index (χ0) is 15.3. The first kappa shape index (κ1) is 16.5. The Labute approximate surface area is 131 Å². The lowest BCUT2D eigenvalue weighted by atomic mass is 10.0. The van der Waals surface area contributed by atoms with E-state index in [2.05, 4.69) is 0 Å². The van der Waals surface area contributed by atoms with E-state index in [4.69, 9.17) is 17.3 Å². The monoisotopic (exact) mass is 328 g/mol. The summed E-state index contributed by atoms with van der Waals surface area (Å²) in [6, 6.07) is 7.10. The fourth-order valence-corrected chi connectivity index (χ4v) is 4.23. The molecular weight excluding hydrogens is 308 g/mol. The molecule has 116 valence electrons. The highest BCUT2D eigenvalue weighted by Crippen LogP contribution is 2.23. The molecule has 1 aliphatic rings. The van der Waals surface area contributed by atoms with Crippen LogP contribution in [0, 0.1) is 0 Å². The Morgan fingerprint density at radius 1 is 1.29 bits per heavy atom. The largest absolute Gasteiger partial charge is 0.330 e. The van der Waals surface area contributed by atoms with Crippen LogP contribution < -0.4 is 5.73 Å². The van der Waals surface area contributed by atoms with E-state index in [9.17, 15) is 8.42 Å². The Balaban J connectivity index is 2.14. The van der Waals surface area contributed by atoms with E-state index >= 15 is 0 Å². The summed E-state index contributed by atoms with van der Waals surface area (Å²) in [6.07, 6.45) is 5.20. The zero-order valence-corrected chi connectivity index (χ0v) is 13.5. The molecule has 2 N–H and O–H groups in total. The molecule has 1 atom stereocenters. The van der Waals surface area contributed by atoms with Gasteiger partial charge >= 0.3 is 0 Å². The molecule has 1 unspecified atom stereocenters. The van der Waals surface area contributed by atoms with E-state index in [-0.39, 0.29) is 6.04 Å². The molecule has 0 radical (unpaired) electrons. The number of piperidine rings is 1. The van der Waals surface area contributed by atoms with Crippen molar-refractivity contribution in [3.63, 3.8) is 0 Å². The normalized spacial score (nSPS) is 21.0. The van der Waals surface area contributed by atoms with Crippen LogP contribution in [0.5, 0.6) is 0 Å². The highest BCUT2D eigenvalue weighted by atomic mass is 35.5. The van der Waals surface area contributed by atoms with Crippen LogP contribution in [0.25, 0.3) is 6.08 Å². The number of sulfonamides is 1. The summed E-state index contributed by atoms with van der Waals surface area (Å²) in [5, 5.41) is 1.92. The second-order valence-corrected chi connectivity index (χ2v) is 7.44. The molecule has 6 heteroatoms. The maximum Gasteiger partial charge on any atom is 0.236 e. The number of benzene rings is 1. The Hall–Kier alpha value is -0.880. The van der Waals surface area contributed by atoms with Gasteiger partial charge in [0.15, 0.2) is 0 Å². The fourth-order valence-electron chi connectivity index (χ4n) is 2.61. The number of hydrogen-bond acceptors (Lipinski definition) is 3. The number of nitrogens with zero attached hydrogens (tertiary/aromatic N) is 1. The van der Waals surface area contributed by atoms with Gasteiger partial charge in [0, 0.05) is 23.0 Å². The van der Waals surface area contributed by atoms with E-state index in [1.807, 2.05) is 0 Å². The lowest BCUT2D eigenvalue weighted by molar-refractivity contribution is 0.246. The van der Waals surface area contributed by atoms with Crippen LogP contribution in [-0.2, 0) is 10.0 Å². The average molecular weight is 329 g/mol. The van der Waals surface area contributed by atoms with Crippen molar-refractivity contribution in [1.29, 1.82) is 0 Å². The van der Waals surface area contributed by atoms with Gasteiger partial charge in [-0.25, -0.2) is 8.42 Å². The Morgan fingerprint density at radius 2 is 2.00 bits per heavy atom. The smallest absolute Gasteiger partial charge is 0.236 e. The predicted octanol–water partition coefficient (Wildman–Crippen LogP) is 2.84. The first-order chi connectivity index (χ1) is 10.0. The summed E-state index contributed by atoms with van der Waals surface area (Å²) in [5.74, 6) is 0. The molecule has 1 aromatic rings. The molecule has 0 aliphatic carbocycles. The summed E-state index contributed by atoms with van der Waals surface area (Å²) in [4.78, 5) is 0. The molecular formula is C15H21ClN2O2S. The van der Waals surface area contributed by atoms with Crippen molar-refractivity contribution < 1.29 is 8.42 Å². The molecule has 4 nitrogen and oxygen atoms in total. The van der Waals surface area contributed by atoms with Gasteiger partial charge in [-0.1, -0.05) is 30.2 Å². The predicted molar refractivity (Wildman–Crippen MR) is 87.4 cm³/mol. The first-order valence-corrected chi connectivity index (χ1v) is 9.06. The summed E-state index contributed by atoms with van der Waals surface area (Å²) in [7, 11) is -3.40. The van der Waals surface area contributed by atoms with E-state index < -0.39 is 10.0 Å². The molecule has 1 saturated heterocycles. The molecule has 1 fully saturated rings. The van der Waals surface area contributed by atoms with Gasteiger partial charge in [0.2, 0.25) is 10.0 Å².